The summed E-state index contributed by atoms with van der Waals surface area (Å²) in [5, 5.41) is 14.4. The molecule has 0 bridgehead atoms. The highest BCUT2D eigenvalue weighted by Gasteiger charge is 2.22. The van der Waals surface area contributed by atoms with Gasteiger partial charge < -0.3 is 5.32 Å². The van der Waals surface area contributed by atoms with Gasteiger partial charge in [-0.3, -0.25) is 14.6 Å². The Morgan fingerprint density at radius 1 is 1.24 bits per heavy atom. The zero-order valence-electron chi connectivity index (χ0n) is 15.0. The molecule has 0 aliphatic rings. The molecule has 0 atom stereocenters. The van der Waals surface area contributed by atoms with Gasteiger partial charge in [0.2, 0.25) is 0 Å². The minimum Gasteiger partial charge on any atom is -0.321 e. The lowest BCUT2D eigenvalue weighted by molar-refractivity contribution is 0.101. The summed E-state index contributed by atoms with van der Waals surface area (Å²) in [6.45, 7) is 8.89. The van der Waals surface area contributed by atoms with E-state index in [4.69, 9.17) is 0 Å². The van der Waals surface area contributed by atoms with E-state index in [1.807, 2.05) is 43.3 Å². The Kier molecular flexibility index (Phi) is 4.44. The van der Waals surface area contributed by atoms with Gasteiger partial charge in [-0.05, 0) is 31.2 Å². The van der Waals surface area contributed by atoms with E-state index in [0.29, 0.717) is 12.2 Å². The van der Waals surface area contributed by atoms with Crippen LogP contribution in [0.1, 0.15) is 43.9 Å². The zero-order valence-corrected chi connectivity index (χ0v) is 15.0. The van der Waals surface area contributed by atoms with E-state index in [-0.39, 0.29) is 11.3 Å². The van der Waals surface area contributed by atoms with E-state index < -0.39 is 0 Å². The molecule has 0 spiro atoms. The summed E-state index contributed by atoms with van der Waals surface area (Å²) >= 11 is 0. The van der Waals surface area contributed by atoms with Gasteiger partial charge in [0, 0.05) is 29.4 Å². The zero-order chi connectivity index (χ0) is 18.0. The van der Waals surface area contributed by atoms with Crippen LogP contribution in [0.25, 0.3) is 11.3 Å². The number of benzene rings is 1. The van der Waals surface area contributed by atoms with Crippen LogP contribution < -0.4 is 5.32 Å². The van der Waals surface area contributed by atoms with E-state index in [0.717, 1.165) is 22.6 Å². The van der Waals surface area contributed by atoms with Gasteiger partial charge in [0.1, 0.15) is 5.69 Å². The number of hydrogen-bond acceptors (Lipinski definition) is 3. The average Bonchev–Trinajstić information content (AvgIpc) is 3.24. The second kappa shape index (κ2) is 6.55. The van der Waals surface area contributed by atoms with Crippen molar-refractivity contribution in [1.29, 1.82) is 0 Å². The number of carbonyl (C=O) groups excluding carboxylic acids is 1. The van der Waals surface area contributed by atoms with Crippen LogP contribution in [0, 0.1) is 0 Å². The summed E-state index contributed by atoms with van der Waals surface area (Å²) in [5.41, 5.74) is 3.98. The Labute approximate surface area is 147 Å². The number of amides is 1. The molecule has 130 valence electrons. The predicted octanol–water partition coefficient (Wildman–Crippen LogP) is 3.84. The molecule has 2 N–H and O–H groups in total. The molecule has 1 aromatic carbocycles. The maximum absolute atomic E-state index is 12.7. The van der Waals surface area contributed by atoms with Crippen LogP contribution >= 0.6 is 0 Å². The maximum atomic E-state index is 12.7. The highest BCUT2D eigenvalue weighted by Crippen LogP contribution is 2.23. The highest BCUT2D eigenvalue weighted by atomic mass is 16.2. The van der Waals surface area contributed by atoms with Crippen LogP contribution in [0.4, 0.5) is 5.69 Å². The van der Waals surface area contributed by atoms with Crippen molar-refractivity contribution in [2.24, 2.45) is 0 Å². The van der Waals surface area contributed by atoms with Gasteiger partial charge in [0.25, 0.3) is 5.91 Å². The minimum atomic E-state index is -0.161. The van der Waals surface area contributed by atoms with E-state index in [1.165, 1.54) is 0 Å². The third kappa shape index (κ3) is 3.63. The summed E-state index contributed by atoms with van der Waals surface area (Å²) < 4.78 is 1.74. The molecule has 0 saturated heterocycles. The van der Waals surface area contributed by atoms with Crippen LogP contribution in [0.2, 0.25) is 0 Å². The number of hydrogen-bond donors (Lipinski definition) is 2. The second-order valence-corrected chi connectivity index (χ2v) is 6.99. The summed E-state index contributed by atoms with van der Waals surface area (Å²) in [6.07, 6.45) is 1.70. The van der Waals surface area contributed by atoms with Gasteiger partial charge in [-0.25, -0.2) is 0 Å². The fourth-order valence-electron chi connectivity index (χ4n) is 2.58. The number of aromatic nitrogens is 4. The quantitative estimate of drug-likeness (QED) is 0.759. The fraction of sp³-hybridized carbons (Fsp3) is 0.316. The van der Waals surface area contributed by atoms with Gasteiger partial charge in [-0.2, -0.15) is 10.2 Å². The molecule has 0 aliphatic heterocycles. The molecule has 2 aromatic heterocycles. The van der Waals surface area contributed by atoms with Crippen molar-refractivity contribution in [3.8, 4) is 11.3 Å². The van der Waals surface area contributed by atoms with Crippen molar-refractivity contribution < 1.29 is 4.79 Å². The first-order valence-corrected chi connectivity index (χ1v) is 8.38. The lowest BCUT2D eigenvalue weighted by Gasteiger charge is -2.13. The molecule has 0 unspecified atom stereocenters. The fourth-order valence-corrected chi connectivity index (χ4v) is 2.58. The largest absolute Gasteiger partial charge is 0.321 e. The van der Waals surface area contributed by atoms with Gasteiger partial charge in [-0.15, -0.1) is 0 Å². The van der Waals surface area contributed by atoms with Gasteiger partial charge in [0.15, 0.2) is 0 Å². The maximum Gasteiger partial charge on any atom is 0.273 e. The molecular weight excluding hydrogens is 314 g/mol. The topological polar surface area (TPSA) is 75.6 Å². The molecule has 0 saturated carbocycles. The van der Waals surface area contributed by atoms with Crippen LogP contribution in [0.15, 0.2) is 42.6 Å². The molecule has 3 rings (SSSR count). The van der Waals surface area contributed by atoms with Crippen molar-refractivity contribution in [2.75, 3.05) is 5.32 Å². The first kappa shape index (κ1) is 17.0. The minimum absolute atomic E-state index is 0.101. The van der Waals surface area contributed by atoms with Crippen molar-refractivity contribution >= 4 is 11.6 Å². The number of aryl methyl sites for hydroxylation is 1. The Balaban J connectivity index is 1.86. The van der Waals surface area contributed by atoms with Gasteiger partial charge in [0.05, 0.1) is 11.4 Å². The summed E-state index contributed by atoms with van der Waals surface area (Å²) in [7, 11) is 0. The Morgan fingerprint density at radius 2 is 2.04 bits per heavy atom. The van der Waals surface area contributed by atoms with Crippen LogP contribution in [0.3, 0.4) is 0 Å². The van der Waals surface area contributed by atoms with Crippen LogP contribution in [-0.2, 0) is 12.0 Å². The lowest BCUT2D eigenvalue weighted by Crippen LogP contribution is -2.17. The molecule has 2 heterocycles. The first-order chi connectivity index (χ1) is 11.9. The number of rotatable bonds is 4. The SMILES string of the molecule is CCn1nc(C(C)(C)C)cc1C(=O)Nc1cccc(-c2ccn[nH]2)c1. The molecular formula is C19H23N5O. The Bertz CT molecular complexity index is 872. The molecule has 1 amide bonds. The predicted molar refractivity (Wildman–Crippen MR) is 98.6 cm³/mol. The van der Waals surface area contributed by atoms with Crippen molar-refractivity contribution in [3.05, 3.63) is 54.0 Å². The molecule has 6 nitrogen and oxygen atoms in total. The first-order valence-electron chi connectivity index (χ1n) is 8.38. The molecule has 25 heavy (non-hydrogen) atoms. The van der Waals surface area contributed by atoms with Crippen molar-refractivity contribution in [1.82, 2.24) is 20.0 Å². The van der Waals surface area contributed by atoms with E-state index in [1.54, 1.807) is 10.9 Å². The standard InChI is InChI=1S/C19H23N5O/c1-5-24-16(12-17(23-24)19(2,3)4)18(25)21-14-8-6-7-13(11-14)15-9-10-20-22-15/h6-12H,5H2,1-4H3,(H,20,22)(H,21,25). The number of nitrogens with one attached hydrogen (secondary N) is 2. The summed E-state index contributed by atoms with van der Waals surface area (Å²) in [5.74, 6) is -0.161. The number of aromatic amines is 1. The van der Waals surface area contributed by atoms with E-state index >= 15 is 0 Å². The van der Waals surface area contributed by atoms with Gasteiger partial charge in [-0.1, -0.05) is 32.9 Å². The number of nitrogens with zero attached hydrogens (tertiary/aromatic N) is 3. The lowest BCUT2D eigenvalue weighted by atomic mass is 9.92. The Hall–Kier alpha value is -2.89. The highest BCUT2D eigenvalue weighted by molar-refractivity contribution is 6.03. The molecule has 3 aromatic rings. The normalized spacial score (nSPS) is 11.5. The number of anilines is 1. The molecule has 0 fully saturated rings. The monoisotopic (exact) mass is 337 g/mol. The van der Waals surface area contributed by atoms with Crippen molar-refractivity contribution in [2.45, 2.75) is 39.7 Å². The number of carbonyl (C=O) groups is 1. The van der Waals surface area contributed by atoms with Gasteiger partial charge >= 0.3 is 0 Å². The molecule has 6 heteroatoms. The smallest absolute Gasteiger partial charge is 0.273 e. The third-order valence-corrected chi connectivity index (χ3v) is 4.01. The number of H-pyrrole nitrogens is 1. The van der Waals surface area contributed by atoms with Crippen LogP contribution in [-0.4, -0.2) is 25.9 Å². The molecule has 0 radical (unpaired) electrons. The van der Waals surface area contributed by atoms with Crippen molar-refractivity contribution in [3.63, 3.8) is 0 Å². The molecule has 0 aliphatic carbocycles. The van der Waals surface area contributed by atoms with E-state index in [9.17, 15) is 4.79 Å². The Morgan fingerprint density at radius 3 is 2.68 bits per heavy atom. The van der Waals surface area contributed by atoms with E-state index in [2.05, 4.69) is 41.4 Å². The second-order valence-electron chi connectivity index (χ2n) is 6.99. The van der Waals surface area contributed by atoms with Crippen LogP contribution in [0.5, 0.6) is 0 Å². The summed E-state index contributed by atoms with van der Waals surface area (Å²) in [6, 6.07) is 11.4. The third-order valence-electron chi connectivity index (χ3n) is 4.01. The average molecular weight is 337 g/mol. The summed E-state index contributed by atoms with van der Waals surface area (Å²) in [4.78, 5) is 12.7.